The summed E-state index contributed by atoms with van der Waals surface area (Å²) in [6, 6.07) is 0. The van der Waals surface area contributed by atoms with Crippen LogP contribution in [0.15, 0.2) is 4.79 Å². The Morgan fingerprint density at radius 2 is 2.00 bits per heavy atom. The summed E-state index contributed by atoms with van der Waals surface area (Å²) in [4.78, 5) is 40.5. The van der Waals surface area contributed by atoms with Gasteiger partial charge in [0, 0.05) is 6.92 Å². The summed E-state index contributed by atoms with van der Waals surface area (Å²) < 4.78 is 0. The first kappa shape index (κ1) is 16.8. The van der Waals surface area contributed by atoms with Gasteiger partial charge in [-0.3, -0.25) is 24.7 Å². The number of Topliss-reactive ketones (excluding diaryl/α,β-unsaturated/α-hetero) is 1. The number of amides is 1. The van der Waals surface area contributed by atoms with Gasteiger partial charge in [-0.1, -0.05) is 0 Å². The number of aromatic nitrogens is 2. The Morgan fingerprint density at radius 1 is 1.38 bits per heavy atom. The highest BCUT2D eigenvalue weighted by atomic mass is 16.3. The van der Waals surface area contributed by atoms with Crippen LogP contribution >= 0.6 is 0 Å². The fraction of sp³-hybridized carbons (Fsp3) is 0.500. The van der Waals surface area contributed by atoms with Crippen molar-refractivity contribution < 1.29 is 19.8 Å². The second-order valence-corrected chi connectivity index (χ2v) is 4.57. The summed E-state index contributed by atoms with van der Waals surface area (Å²) in [5.74, 6) is -1.00. The fourth-order valence-electron chi connectivity index (χ4n) is 1.47. The topological polar surface area (TPSA) is 144 Å². The normalized spacial score (nSPS) is 13.4. The first-order valence-corrected chi connectivity index (χ1v) is 6.23. The van der Waals surface area contributed by atoms with Crippen molar-refractivity contribution in [1.29, 1.82) is 0 Å². The van der Waals surface area contributed by atoms with Crippen molar-refractivity contribution in [2.45, 2.75) is 33.0 Å². The van der Waals surface area contributed by atoms with E-state index in [1.807, 2.05) is 0 Å². The van der Waals surface area contributed by atoms with E-state index in [4.69, 9.17) is 5.11 Å². The van der Waals surface area contributed by atoms with Crippen LogP contribution in [-0.4, -0.2) is 50.6 Å². The third-order valence-corrected chi connectivity index (χ3v) is 2.66. The van der Waals surface area contributed by atoms with Gasteiger partial charge >= 0.3 is 0 Å². The lowest BCUT2D eigenvalue weighted by Gasteiger charge is -2.14. The lowest BCUT2D eigenvalue weighted by atomic mass is 10.1. The Balaban J connectivity index is 2.88. The highest BCUT2D eigenvalue weighted by molar-refractivity contribution is 5.88. The number of nitrogens with one attached hydrogen (secondary N) is 3. The van der Waals surface area contributed by atoms with Crippen molar-refractivity contribution in [1.82, 2.24) is 9.97 Å². The van der Waals surface area contributed by atoms with Crippen molar-refractivity contribution >= 4 is 23.5 Å². The minimum atomic E-state index is -1.52. The van der Waals surface area contributed by atoms with Crippen LogP contribution in [0.3, 0.4) is 0 Å². The zero-order chi connectivity index (χ0) is 16.2. The van der Waals surface area contributed by atoms with Gasteiger partial charge in [0.15, 0.2) is 5.78 Å². The molecule has 0 aliphatic heterocycles. The molecule has 2 atom stereocenters. The predicted molar refractivity (Wildman–Crippen MR) is 75.1 cm³/mol. The second-order valence-electron chi connectivity index (χ2n) is 4.57. The second kappa shape index (κ2) is 6.95. The maximum atomic E-state index is 11.7. The van der Waals surface area contributed by atoms with Gasteiger partial charge in [-0.05, 0) is 13.8 Å². The van der Waals surface area contributed by atoms with Crippen molar-refractivity contribution in [2.24, 2.45) is 0 Å². The lowest BCUT2D eigenvalue weighted by molar-refractivity contribution is -0.130. The average molecular weight is 298 g/mol. The van der Waals surface area contributed by atoms with Crippen LogP contribution in [0.4, 0.5) is 11.8 Å². The number of anilines is 2. The monoisotopic (exact) mass is 298 g/mol. The van der Waals surface area contributed by atoms with E-state index in [1.54, 1.807) is 0 Å². The number of nitrogens with zero attached hydrogens (tertiary/aromatic N) is 1. The maximum Gasteiger partial charge on any atom is 0.257 e. The third-order valence-electron chi connectivity index (χ3n) is 2.66. The summed E-state index contributed by atoms with van der Waals surface area (Å²) >= 11 is 0. The highest BCUT2D eigenvalue weighted by Crippen LogP contribution is 2.09. The van der Waals surface area contributed by atoms with Crippen LogP contribution in [0.25, 0.3) is 0 Å². The van der Waals surface area contributed by atoms with Crippen LogP contribution in [0.5, 0.6) is 0 Å². The van der Waals surface area contributed by atoms with Gasteiger partial charge in [-0.15, -0.1) is 0 Å². The zero-order valence-corrected chi connectivity index (χ0v) is 11.9. The van der Waals surface area contributed by atoms with E-state index in [-0.39, 0.29) is 23.9 Å². The fourth-order valence-corrected chi connectivity index (χ4v) is 1.47. The van der Waals surface area contributed by atoms with E-state index in [1.165, 1.54) is 20.8 Å². The molecule has 1 amide bonds. The Morgan fingerprint density at radius 3 is 2.52 bits per heavy atom. The van der Waals surface area contributed by atoms with E-state index in [9.17, 15) is 19.5 Å². The molecule has 0 saturated heterocycles. The molecule has 0 unspecified atom stereocenters. The van der Waals surface area contributed by atoms with Crippen LogP contribution in [-0.2, 0) is 9.59 Å². The largest absolute Gasteiger partial charge is 0.390 e. The smallest absolute Gasteiger partial charge is 0.257 e. The number of H-pyrrole nitrogens is 1. The molecule has 9 nitrogen and oxygen atoms in total. The van der Waals surface area contributed by atoms with Gasteiger partial charge in [0.1, 0.15) is 11.9 Å². The Labute approximate surface area is 120 Å². The zero-order valence-electron chi connectivity index (χ0n) is 11.9. The molecule has 21 heavy (non-hydrogen) atoms. The number of carbonyl (C=O) groups is 2. The molecule has 1 aromatic rings. The van der Waals surface area contributed by atoms with Gasteiger partial charge in [0.25, 0.3) is 5.56 Å². The molecule has 0 bridgehead atoms. The van der Waals surface area contributed by atoms with E-state index in [0.717, 1.165) is 0 Å². The molecule has 0 saturated carbocycles. The Hall–Kier alpha value is -2.26. The van der Waals surface area contributed by atoms with Crippen molar-refractivity contribution in [3.63, 3.8) is 0 Å². The first-order chi connectivity index (χ1) is 9.72. The molecule has 1 heterocycles. The van der Waals surface area contributed by atoms with Gasteiger partial charge in [0.05, 0.1) is 18.2 Å². The van der Waals surface area contributed by atoms with Crippen molar-refractivity contribution in [3.05, 3.63) is 15.9 Å². The molecular formula is C12H18N4O5. The number of aliphatic hydroxyl groups excluding tert-OH is 2. The Kier molecular flexibility index (Phi) is 5.56. The molecule has 0 aliphatic carbocycles. The molecule has 5 N–H and O–H groups in total. The number of rotatable bonds is 6. The standard InChI is InChI=1S/C12H18N4O5/c1-5-10(13-4-8(19)9(20)6(2)17)15-12(14-7(3)18)16-11(5)21/h6,9,17,20H,4H2,1-3H3,(H3,13,14,15,16,18,21)/t6-,9-/m0/s1. The highest BCUT2D eigenvalue weighted by Gasteiger charge is 2.20. The lowest BCUT2D eigenvalue weighted by Crippen LogP contribution is -2.36. The third kappa shape index (κ3) is 4.65. The van der Waals surface area contributed by atoms with Crippen LogP contribution in [0, 0.1) is 6.92 Å². The number of hydrogen-bond donors (Lipinski definition) is 5. The molecule has 0 radical (unpaired) electrons. The minimum Gasteiger partial charge on any atom is -0.390 e. The van der Waals surface area contributed by atoms with E-state index in [0.29, 0.717) is 0 Å². The number of carbonyl (C=O) groups excluding carboxylic acids is 2. The maximum absolute atomic E-state index is 11.7. The van der Waals surface area contributed by atoms with Gasteiger partial charge < -0.3 is 15.5 Å². The first-order valence-electron chi connectivity index (χ1n) is 6.23. The average Bonchev–Trinajstić information content (AvgIpc) is 2.38. The van der Waals surface area contributed by atoms with Gasteiger partial charge in [-0.25, -0.2) is 0 Å². The molecule has 1 rings (SSSR count). The summed E-state index contributed by atoms with van der Waals surface area (Å²) in [5.41, 5.74) is -0.247. The molecule has 1 aromatic heterocycles. The van der Waals surface area contributed by atoms with E-state index >= 15 is 0 Å². The SMILES string of the molecule is CC(=O)Nc1nc(NCC(=O)[C@@H](O)[C@H](C)O)c(C)c(=O)[nH]1. The van der Waals surface area contributed by atoms with Crippen LogP contribution in [0.1, 0.15) is 19.4 Å². The molecule has 0 spiro atoms. The minimum absolute atomic E-state index is 0.0517. The number of ketones is 1. The summed E-state index contributed by atoms with van der Waals surface area (Å²) in [7, 11) is 0. The van der Waals surface area contributed by atoms with Gasteiger partial charge in [0.2, 0.25) is 11.9 Å². The van der Waals surface area contributed by atoms with Crippen molar-refractivity contribution in [2.75, 3.05) is 17.2 Å². The van der Waals surface area contributed by atoms with Crippen molar-refractivity contribution in [3.8, 4) is 0 Å². The summed E-state index contributed by atoms with van der Waals surface area (Å²) in [5, 5.41) is 23.4. The molecular weight excluding hydrogens is 280 g/mol. The van der Waals surface area contributed by atoms with E-state index < -0.39 is 29.5 Å². The van der Waals surface area contributed by atoms with Crippen LogP contribution in [0.2, 0.25) is 0 Å². The number of aliphatic hydroxyl groups is 2. The van der Waals surface area contributed by atoms with E-state index in [2.05, 4.69) is 20.6 Å². The number of hydrogen-bond acceptors (Lipinski definition) is 7. The molecule has 0 aliphatic rings. The molecule has 116 valence electrons. The predicted octanol–water partition coefficient (Wildman–Crippen LogP) is -1.24. The molecule has 9 heteroatoms. The molecule has 0 fully saturated rings. The molecule has 0 aromatic carbocycles. The summed E-state index contributed by atoms with van der Waals surface area (Å²) in [6.07, 6.45) is -2.71. The Bertz CT molecular complexity index is 596. The number of aromatic amines is 1. The van der Waals surface area contributed by atoms with Crippen LogP contribution < -0.4 is 16.2 Å². The quantitative estimate of drug-likeness (QED) is 0.441. The van der Waals surface area contributed by atoms with Gasteiger partial charge in [-0.2, -0.15) is 4.98 Å². The summed E-state index contributed by atoms with van der Waals surface area (Å²) in [6.45, 7) is 3.72.